The SMILES string of the molecule is Cc1ccccc1C(=O)NCCc1nc2ccccc2n1CCCOc1cccc2ccccc12. The van der Waals surface area contributed by atoms with Crippen LogP contribution in [-0.4, -0.2) is 28.6 Å². The summed E-state index contributed by atoms with van der Waals surface area (Å²) >= 11 is 0. The second kappa shape index (κ2) is 10.4. The molecule has 0 radical (unpaired) electrons. The first-order chi connectivity index (χ1) is 17.2. The van der Waals surface area contributed by atoms with Crippen LogP contribution in [0.1, 0.15) is 28.2 Å². The summed E-state index contributed by atoms with van der Waals surface area (Å²) in [5.74, 6) is 1.84. The van der Waals surface area contributed by atoms with Crippen molar-refractivity contribution in [3.8, 4) is 5.75 Å². The van der Waals surface area contributed by atoms with E-state index in [9.17, 15) is 4.79 Å². The average Bonchev–Trinajstić information content (AvgIpc) is 3.24. The number of hydrogen-bond donors (Lipinski definition) is 1. The highest BCUT2D eigenvalue weighted by Gasteiger charge is 2.12. The third-order valence-corrected chi connectivity index (χ3v) is 6.29. The van der Waals surface area contributed by atoms with E-state index < -0.39 is 0 Å². The summed E-state index contributed by atoms with van der Waals surface area (Å²) < 4.78 is 8.40. The molecule has 5 heteroatoms. The Hall–Kier alpha value is -4.12. The molecule has 0 unspecified atom stereocenters. The highest BCUT2D eigenvalue weighted by atomic mass is 16.5. The Bertz CT molecular complexity index is 1470. The molecule has 1 N–H and O–H groups in total. The number of carbonyl (C=O) groups excluding carboxylic acids is 1. The summed E-state index contributed by atoms with van der Waals surface area (Å²) in [6.45, 7) is 3.90. The number of carbonyl (C=O) groups is 1. The van der Waals surface area contributed by atoms with E-state index >= 15 is 0 Å². The Balaban J connectivity index is 1.24. The number of benzene rings is 4. The predicted octanol–water partition coefficient (Wildman–Crippen LogP) is 5.94. The molecule has 0 spiro atoms. The van der Waals surface area contributed by atoms with Gasteiger partial charge in [-0.05, 0) is 48.6 Å². The van der Waals surface area contributed by atoms with Crippen molar-refractivity contribution in [2.75, 3.05) is 13.2 Å². The molecule has 0 saturated heterocycles. The van der Waals surface area contributed by atoms with Gasteiger partial charge >= 0.3 is 0 Å². The minimum atomic E-state index is -0.0470. The number of nitrogens with one attached hydrogen (secondary N) is 1. The van der Waals surface area contributed by atoms with Gasteiger partial charge in [0.25, 0.3) is 5.91 Å². The number of rotatable bonds is 9. The molecule has 1 heterocycles. The fourth-order valence-electron chi connectivity index (χ4n) is 4.50. The van der Waals surface area contributed by atoms with Crippen molar-refractivity contribution < 1.29 is 9.53 Å². The number of nitrogens with zero attached hydrogens (tertiary/aromatic N) is 2. The molecule has 1 amide bonds. The monoisotopic (exact) mass is 463 g/mol. The van der Waals surface area contributed by atoms with Crippen molar-refractivity contribution in [1.29, 1.82) is 0 Å². The first-order valence-electron chi connectivity index (χ1n) is 12.1. The number of aryl methyl sites for hydroxylation is 2. The molecule has 5 aromatic rings. The fourth-order valence-corrected chi connectivity index (χ4v) is 4.50. The van der Waals surface area contributed by atoms with Gasteiger partial charge in [0, 0.05) is 30.5 Å². The minimum Gasteiger partial charge on any atom is -0.493 e. The number of para-hydroxylation sites is 2. The fraction of sp³-hybridized carbons (Fsp3) is 0.200. The van der Waals surface area contributed by atoms with Crippen LogP contribution in [0.15, 0.2) is 91.0 Å². The average molecular weight is 464 g/mol. The second-order valence-electron chi connectivity index (χ2n) is 8.67. The highest BCUT2D eigenvalue weighted by molar-refractivity contribution is 5.95. The minimum absolute atomic E-state index is 0.0470. The molecule has 5 nitrogen and oxygen atoms in total. The van der Waals surface area contributed by atoms with E-state index in [1.54, 1.807) is 0 Å². The number of ether oxygens (including phenoxy) is 1. The molecule has 0 saturated carbocycles. The van der Waals surface area contributed by atoms with Crippen molar-refractivity contribution in [3.63, 3.8) is 0 Å². The first-order valence-corrected chi connectivity index (χ1v) is 12.1. The van der Waals surface area contributed by atoms with Gasteiger partial charge in [0.05, 0.1) is 17.6 Å². The molecular weight excluding hydrogens is 434 g/mol. The van der Waals surface area contributed by atoms with Crippen LogP contribution in [0.3, 0.4) is 0 Å². The van der Waals surface area contributed by atoms with Crippen molar-refractivity contribution in [2.24, 2.45) is 0 Å². The lowest BCUT2D eigenvalue weighted by molar-refractivity contribution is 0.0953. The first kappa shape index (κ1) is 22.7. The van der Waals surface area contributed by atoms with Crippen LogP contribution >= 0.6 is 0 Å². The zero-order chi connectivity index (χ0) is 24.0. The summed E-state index contributed by atoms with van der Waals surface area (Å²) in [7, 11) is 0. The van der Waals surface area contributed by atoms with E-state index in [1.165, 1.54) is 5.39 Å². The summed E-state index contributed by atoms with van der Waals surface area (Å²) in [4.78, 5) is 17.4. The van der Waals surface area contributed by atoms with E-state index in [1.807, 2.05) is 73.7 Å². The molecule has 0 aliphatic rings. The van der Waals surface area contributed by atoms with E-state index in [0.717, 1.165) is 46.5 Å². The number of amides is 1. The molecule has 0 fully saturated rings. The summed E-state index contributed by atoms with van der Waals surface area (Å²) in [5, 5.41) is 5.36. The molecule has 0 aliphatic carbocycles. The van der Waals surface area contributed by atoms with Crippen molar-refractivity contribution in [1.82, 2.24) is 14.9 Å². The van der Waals surface area contributed by atoms with E-state index in [4.69, 9.17) is 9.72 Å². The number of hydrogen-bond acceptors (Lipinski definition) is 3. The van der Waals surface area contributed by atoms with E-state index in [0.29, 0.717) is 25.1 Å². The third-order valence-electron chi connectivity index (χ3n) is 6.29. The van der Waals surface area contributed by atoms with Gasteiger partial charge in [0.1, 0.15) is 11.6 Å². The number of imidazole rings is 1. The number of aromatic nitrogens is 2. The van der Waals surface area contributed by atoms with Crippen LogP contribution in [0.4, 0.5) is 0 Å². The molecule has 1 aromatic heterocycles. The van der Waals surface area contributed by atoms with Crippen LogP contribution in [0.5, 0.6) is 5.75 Å². The summed E-state index contributed by atoms with van der Waals surface area (Å²) in [5.41, 5.74) is 3.77. The standard InChI is InChI=1S/C30H29N3O2/c1-22-10-2-4-13-24(22)30(34)31-19-18-29-32-26-15-6-7-16-27(26)33(29)20-9-21-35-28-17-8-12-23-11-3-5-14-25(23)28/h2-8,10-17H,9,18-21H2,1H3,(H,31,34). The highest BCUT2D eigenvalue weighted by Crippen LogP contribution is 2.25. The van der Waals surface area contributed by atoms with Gasteiger partial charge in [0.2, 0.25) is 0 Å². The van der Waals surface area contributed by atoms with Gasteiger partial charge in [0.15, 0.2) is 0 Å². The molecule has 176 valence electrons. The van der Waals surface area contributed by atoms with Crippen molar-refractivity contribution in [2.45, 2.75) is 26.3 Å². The molecule has 35 heavy (non-hydrogen) atoms. The Morgan fingerprint density at radius 2 is 1.69 bits per heavy atom. The number of fused-ring (bicyclic) bond motifs is 2. The maximum Gasteiger partial charge on any atom is 0.251 e. The molecule has 5 rings (SSSR count). The lowest BCUT2D eigenvalue weighted by Gasteiger charge is -2.12. The molecule has 0 bridgehead atoms. The maximum atomic E-state index is 12.6. The molecule has 0 atom stereocenters. The molecule has 0 aliphatic heterocycles. The molecule has 4 aromatic carbocycles. The topological polar surface area (TPSA) is 56.2 Å². The van der Waals surface area contributed by atoms with Crippen LogP contribution in [0.2, 0.25) is 0 Å². The molecular formula is C30H29N3O2. The normalized spacial score (nSPS) is 11.1. The van der Waals surface area contributed by atoms with Gasteiger partial charge in [-0.2, -0.15) is 0 Å². The Morgan fingerprint density at radius 1 is 0.914 bits per heavy atom. The van der Waals surface area contributed by atoms with Crippen LogP contribution in [0, 0.1) is 6.92 Å². The zero-order valence-corrected chi connectivity index (χ0v) is 19.9. The third kappa shape index (κ3) is 5.04. The lowest BCUT2D eigenvalue weighted by atomic mass is 10.1. The van der Waals surface area contributed by atoms with Crippen LogP contribution in [-0.2, 0) is 13.0 Å². The summed E-state index contributed by atoms with van der Waals surface area (Å²) in [6, 6.07) is 30.3. The quantitative estimate of drug-likeness (QED) is 0.275. The van der Waals surface area contributed by atoms with E-state index in [-0.39, 0.29) is 5.91 Å². The predicted molar refractivity (Wildman–Crippen MR) is 141 cm³/mol. The van der Waals surface area contributed by atoms with Crippen LogP contribution < -0.4 is 10.1 Å². The summed E-state index contributed by atoms with van der Waals surface area (Å²) in [6.07, 6.45) is 1.52. The van der Waals surface area contributed by atoms with Crippen LogP contribution in [0.25, 0.3) is 21.8 Å². The Kier molecular flexibility index (Phi) is 6.75. The van der Waals surface area contributed by atoms with Gasteiger partial charge < -0.3 is 14.6 Å². The Labute approximate surface area is 205 Å². The van der Waals surface area contributed by atoms with Gasteiger partial charge in [-0.3, -0.25) is 4.79 Å². The van der Waals surface area contributed by atoms with Crippen molar-refractivity contribution >= 4 is 27.7 Å². The van der Waals surface area contributed by atoms with Gasteiger partial charge in [-0.15, -0.1) is 0 Å². The second-order valence-corrected chi connectivity index (χ2v) is 8.67. The van der Waals surface area contributed by atoms with Gasteiger partial charge in [-0.1, -0.05) is 66.7 Å². The van der Waals surface area contributed by atoms with Gasteiger partial charge in [-0.25, -0.2) is 4.98 Å². The van der Waals surface area contributed by atoms with E-state index in [2.05, 4.69) is 34.1 Å². The Morgan fingerprint density at radius 3 is 2.60 bits per heavy atom. The largest absolute Gasteiger partial charge is 0.493 e. The van der Waals surface area contributed by atoms with Crippen molar-refractivity contribution in [3.05, 3.63) is 108 Å². The zero-order valence-electron chi connectivity index (χ0n) is 19.9. The maximum absolute atomic E-state index is 12.6. The lowest BCUT2D eigenvalue weighted by Crippen LogP contribution is -2.27. The smallest absolute Gasteiger partial charge is 0.251 e.